The first-order valence-corrected chi connectivity index (χ1v) is 10.8. The van der Waals surface area contributed by atoms with E-state index in [0.717, 1.165) is 17.8 Å². The maximum Gasteiger partial charge on any atom is 0.433 e. The highest BCUT2D eigenvalue weighted by molar-refractivity contribution is 7.90. The summed E-state index contributed by atoms with van der Waals surface area (Å²) in [6.07, 6.45) is -3.92. The number of nitrogens with zero attached hydrogens (tertiary/aromatic N) is 2. The van der Waals surface area contributed by atoms with Gasteiger partial charge in [0.1, 0.15) is 11.4 Å². The van der Waals surface area contributed by atoms with Crippen molar-refractivity contribution in [1.29, 1.82) is 0 Å². The van der Waals surface area contributed by atoms with Gasteiger partial charge in [-0.15, -0.1) is 0 Å². The lowest BCUT2D eigenvalue weighted by atomic mass is 9.87. The fourth-order valence-electron chi connectivity index (χ4n) is 3.07. The van der Waals surface area contributed by atoms with E-state index < -0.39 is 33.6 Å². The first-order valence-electron chi connectivity index (χ1n) is 9.38. The van der Waals surface area contributed by atoms with E-state index in [2.05, 4.69) is 4.98 Å². The van der Waals surface area contributed by atoms with Crippen LogP contribution in [0.1, 0.15) is 49.4 Å². The molecule has 0 atom stereocenters. The summed E-state index contributed by atoms with van der Waals surface area (Å²) in [5, 5.41) is -0.0964. The zero-order valence-electron chi connectivity index (χ0n) is 17.3. The highest BCUT2D eigenvalue weighted by atomic mass is 32.2. The Morgan fingerprint density at radius 2 is 1.81 bits per heavy atom. The summed E-state index contributed by atoms with van der Waals surface area (Å²) < 4.78 is 71.9. The number of benzene rings is 1. The number of hydrogen-bond donors (Lipinski definition) is 0. The van der Waals surface area contributed by atoms with Gasteiger partial charge in [0.15, 0.2) is 0 Å². The summed E-state index contributed by atoms with van der Waals surface area (Å²) in [5.41, 5.74) is -1.37. The molecule has 0 aliphatic heterocycles. The van der Waals surface area contributed by atoms with Crippen LogP contribution in [0, 0.1) is 0 Å². The lowest BCUT2D eigenvalue weighted by Gasteiger charge is -2.20. The third-order valence-electron chi connectivity index (χ3n) is 4.66. The van der Waals surface area contributed by atoms with Gasteiger partial charge in [-0.25, -0.2) is 22.2 Å². The number of aromatic nitrogens is 2. The molecule has 31 heavy (non-hydrogen) atoms. The molecule has 3 rings (SSSR count). The molecule has 0 bridgehead atoms. The van der Waals surface area contributed by atoms with Crippen molar-refractivity contribution in [2.24, 2.45) is 0 Å². The lowest BCUT2D eigenvalue weighted by Crippen LogP contribution is -2.21. The predicted octanol–water partition coefficient (Wildman–Crippen LogP) is 4.77. The maximum absolute atomic E-state index is 13.5. The molecule has 0 N–H and O–H groups in total. The number of esters is 1. The standard InChI is InChI=1S/C21H21F3N2O4S/c1-5-30-19(27)16-9-13-10-18(21(22,23)24)25-12-17(13)26(16)31(28,29)15-8-6-7-14(11-15)20(2,3)4/h6-12H,5H2,1-4H3. The van der Waals surface area contributed by atoms with Crippen LogP contribution in [-0.2, 0) is 26.4 Å². The van der Waals surface area contributed by atoms with Crippen LogP contribution in [0.25, 0.3) is 10.9 Å². The fraction of sp³-hybridized carbons (Fsp3) is 0.333. The third kappa shape index (κ3) is 4.30. The van der Waals surface area contributed by atoms with Crippen molar-refractivity contribution in [2.75, 3.05) is 6.61 Å². The van der Waals surface area contributed by atoms with E-state index in [9.17, 15) is 26.4 Å². The normalized spacial score (nSPS) is 12.9. The van der Waals surface area contributed by atoms with Crippen molar-refractivity contribution in [1.82, 2.24) is 8.96 Å². The van der Waals surface area contributed by atoms with Gasteiger partial charge in [0, 0.05) is 5.39 Å². The van der Waals surface area contributed by atoms with Gasteiger partial charge >= 0.3 is 12.1 Å². The minimum atomic E-state index is -4.72. The second-order valence-electron chi connectivity index (χ2n) is 7.92. The van der Waals surface area contributed by atoms with Crippen LogP contribution >= 0.6 is 0 Å². The number of carbonyl (C=O) groups is 1. The van der Waals surface area contributed by atoms with E-state index in [0.29, 0.717) is 10.0 Å². The number of halogens is 3. The van der Waals surface area contributed by atoms with E-state index in [1.807, 2.05) is 20.8 Å². The second-order valence-corrected chi connectivity index (χ2v) is 9.71. The van der Waals surface area contributed by atoms with Crippen molar-refractivity contribution in [3.8, 4) is 0 Å². The van der Waals surface area contributed by atoms with Crippen LogP contribution in [0.2, 0.25) is 0 Å². The van der Waals surface area contributed by atoms with Crippen LogP contribution < -0.4 is 0 Å². The zero-order valence-corrected chi connectivity index (χ0v) is 18.1. The van der Waals surface area contributed by atoms with Crippen molar-refractivity contribution < 1.29 is 31.1 Å². The molecule has 0 aliphatic carbocycles. The molecule has 0 radical (unpaired) electrons. The fourth-order valence-corrected chi connectivity index (χ4v) is 4.61. The summed E-state index contributed by atoms with van der Waals surface area (Å²) >= 11 is 0. The summed E-state index contributed by atoms with van der Waals surface area (Å²) in [4.78, 5) is 15.7. The molecular weight excluding hydrogens is 433 g/mol. The summed E-state index contributed by atoms with van der Waals surface area (Å²) in [6, 6.07) is 7.96. The second kappa shape index (κ2) is 7.67. The topological polar surface area (TPSA) is 78.3 Å². The van der Waals surface area contributed by atoms with Gasteiger partial charge in [-0.1, -0.05) is 32.9 Å². The Kier molecular flexibility index (Phi) is 5.64. The van der Waals surface area contributed by atoms with Crippen LogP contribution in [0.4, 0.5) is 13.2 Å². The SMILES string of the molecule is CCOC(=O)c1cc2cc(C(F)(F)F)ncc2n1S(=O)(=O)c1cccc(C(C)(C)C)c1. The van der Waals surface area contributed by atoms with Crippen LogP contribution in [0.3, 0.4) is 0 Å². The molecule has 10 heteroatoms. The van der Waals surface area contributed by atoms with Crippen molar-refractivity contribution in [2.45, 2.75) is 44.2 Å². The van der Waals surface area contributed by atoms with Crippen LogP contribution in [-0.4, -0.2) is 30.0 Å². The van der Waals surface area contributed by atoms with E-state index in [1.165, 1.54) is 19.1 Å². The highest BCUT2D eigenvalue weighted by Gasteiger charge is 2.34. The van der Waals surface area contributed by atoms with Crippen LogP contribution in [0.5, 0.6) is 0 Å². The van der Waals surface area contributed by atoms with E-state index in [-0.39, 0.29) is 27.8 Å². The molecule has 0 spiro atoms. The molecule has 3 aromatic rings. The predicted molar refractivity (Wildman–Crippen MR) is 108 cm³/mol. The molecule has 2 aromatic heterocycles. The lowest BCUT2D eigenvalue weighted by molar-refractivity contribution is -0.141. The van der Waals surface area contributed by atoms with Gasteiger partial charge in [-0.2, -0.15) is 13.2 Å². The third-order valence-corrected chi connectivity index (χ3v) is 6.38. The first kappa shape index (κ1) is 22.8. The molecule has 0 amide bonds. The average Bonchev–Trinajstić information content (AvgIpc) is 3.06. The number of carbonyl (C=O) groups excluding carboxylic acids is 1. The summed E-state index contributed by atoms with van der Waals surface area (Å²) in [5.74, 6) is -0.970. The molecule has 0 saturated carbocycles. The van der Waals surface area contributed by atoms with Gasteiger partial charge in [0.25, 0.3) is 10.0 Å². The summed E-state index contributed by atoms with van der Waals surface area (Å²) in [7, 11) is -4.35. The smallest absolute Gasteiger partial charge is 0.433 e. The molecule has 1 aromatic carbocycles. The van der Waals surface area contributed by atoms with Crippen molar-refractivity contribution in [3.05, 3.63) is 59.5 Å². The number of hydrogen-bond acceptors (Lipinski definition) is 5. The zero-order chi connectivity index (χ0) is 23.2. The Balaban J connectivity index is 2.31. The number of pyridine rings is 1. The Hall–Kier alpha value is -2.88. The molecular formula is C21H21F3N2O4S. The molecule has 6 nitrogen and oxygen atoms in total. The number of fused-ring (bicyclic) bond motifs is 1. The number of rotatable bonds is 4. The molecule has 0 aliphatic rings. The minimum Gasteiger partial charge on any atom is -0.461 e. The molecule has 0 unspecified atom stereocenters. The average molecular weight is 454 g/mol. The molecule has 2 heterocycles. The minimum absolute atomic E-state index is 0.0357. The Bertz CT molecular complexity index is 1260. The number of ether oxygens (including phenoxy) is 1. The van der Waals surface area contributed by atoms with Gasteiger partial charge in [0.05, 0.1) is 23.2 Å². The van der Waals surface area contributed by atoms with Gasteiger partial charge in [-0.3, -0.25) is 0 Å². The highest BCUT2D eigenvalue weighted by Crippen LogP contribution is 2.33. The molecule has 0 saturated heterocycles. The first-order chi connectivity index (χ1) is 14.3. The monoisotopic (exact) mass is 454 g/mol. The van der Waals surface area contributed by atoms with E-state index in [1.54, 1.807) is 12.1 Å². The van der Waals surface area contributed by atoms with Gasteiger partial charge in [0.2, 0.25) is 0 Å². The largest absolute Gasteiger partial charge is 0.461 e. The summed E-state index contributed by atoms with van der Waals surface area (Å²) in [6.45, 7) is 7.24. The van der Waals surface area contributed by atoms with Gasteiger partial charge < -0.3 is 4.74 Å². The van der Waals surface area contributed by atoms with Crippen molar-refractivity contribution in [3.63, 3.8) is 0 Å². The quantitative estimate of drug-likeness (QED) is 0.531. The van der Waals surface area contributed by atoms with E-state index >= 15 is 0 Å². The Morgan fingerprint density at radius 1 is 1.13 bits per heavy atom. The van der Waals surface area contributed by atoms with Crippen LogP contribution in [0.15, 0.2) is 47.5 Å². The maximum atomic E-state index is 13.5. The van der Waals surface area contributed by atoms with Gasteiger partial charge in [-0.05, 0) is 42.2 Å². The molecule has 166 valence electrons. The van der Waals surface area contributed by atoms with E-state index in [4.69, 9.17) is 4.74 Å². The Morgan fingerprint density at radius 3 is 2.39 bits per heavy atom. The number of alkyl halides is 3. The van der Waals surface area contributed by atoms with Crippen molar-refractivity contribution >= 4 is 26.9 Å². The molecule has 0 fully saturated rings. The Labute approximate surface area is 177 Å².